The average Bonchev–Trinajstić information content (AvgIpc) is 2.11. The van der Waals surface area contributed by atoms with E-state index < -0.39 is 18.6 Å². The SMILES string of the molecule is CCCN(CC(F)(F)F)C(=O)COC(C)C. The molecule has 0 atom stereocenters. The Morgan fingerprint density at radius 3 is 2.31 bits per heavy atom. The van der Waals surface area contributed by atoms with Crippen LogP contribution in [0.15, 0.2) is 0 Å². The highest BCUT2D eigenvalue weighted by Crippen LogP contribution is 2.16. The van der Waals surface area contributed by atoms with Crippen molar-refractivity contribution in [3.63, 3.8) is 0 Å². The number of hydrogen-bond acceptors (Lipinski definition) is 2. The Labute approximate surface area is 93.6 Å². The molecule has 96 valence electrons. The molecule has 0 unspecified atom stereocenters. The van der Waals surface area contributed by atoms with E-state index in [1.807, 2.05) is 0 Å². The van der Waals surface area contributed by atoms with Gasteiger partial charge in [-0.3, -0.25) is 4.79 Å². The van der Waals surface area contributed by atoms with Crippen molar-refractivity contribution in [2.24, 2.45) is 0 Å². The van der Waals surface area contributed by atoms with Crippen LogP contribution >= 0.6 is 0 Å². The van der Waals surface area contributed by atoms with Crippen LogP contribution in [-0.4, -0.2) is 42.8 Å². The molecule has 1 amide bonds. The van der Waals surface area contributed by atoms with Gasteiger partial charge in [-0.2, -0.15) is 13.2 Å². The maximum absolute atomic E-state index is 12.2. The first-order valence-electron chi connectivity index (χ1n) is 5.22. The first-order chi connectivity index (χ1) is 7.26. The van der Waals surface area contributed by atoms with E-state index in [0.29, 0.717) is 6.42 Å². The smallest absolute Gasteiger partial charge is 0.369 e. The zero-order chi connectivity index (χ0) is 12.8. The van der Waals surface area contributed by atoms with Crippen molar-refractivity contribution in [3.8, 4) is 0 Å². The lowest BCUT2D eigenvalue weighted by molar-refractivity contribution is -0.164. The quantitative estimate of drug-likeness (QED) is 0.713. The lowest BCUT2D eigenvalue weighted by atomic mass is 10.3. The normalized spacial score (nSPS) is 11.9. The standard InChI is InChI=1S/C10H18F3NO2/c1-4-5-14(7-10(11,12)13)9(15)6-16-8(2)3/h8H,4-7H2,1-3H3. The summed E-state index contributed by atoms with van der Waals surface area (Å²) in [7, 11) is 0. The minimum absolute atomic E-state index is 0.0970. The van der Waals surface area contributed by atoms with E-state index >= 15 is 0 Å². The Kier molecular flexibility index (Phi) is 6.40. The van der Waals surface area contributed by atoms with Crippen molar-refractivity contribution in [2.75, 3.05) is 19.7 Å². The Bertz CT molecular complexity index is 217. The average molecular weight is 241 g/mol. The summed E-state index contributed by atoms with van der Waals surface area (Å²) in [5, 5.41) is 0. The topological polar surface area (TPSA) is 29.5 Å². The molecule has 16 heavy (non-hydrogen) atoms. The Morgan fingerprint density at radius 2 is 1.94 bits per heavy atom. The van der Waals surface area contributed by atoms with Crippen LogP contribution in [0.2, 0.25) is 0 Å². The summed E-state index contributed by atoms with van der Waals surface area (Å²) >= 11 is 0. The Morgan fingerprint density at radius 1 is 1.38 bits per heavy atom. The minimum atomic E-state index is -4.36. The third kappa shape index (κ3) is 7.50. The lowest BCUT2D eigenvalue weighted by Gasteiger charge is -2.23. The Hall–Kier alpha value is -0.780. The number of amides is 1. The maximum Gasteiger partial charge on any atom is 0.406 e. The van der Waals surface area contributed by atoms with Gasteiger partial charge < -0.3 is 9.64 Å². The van der Waals surface area contributed by atoms with Crippen molar-refractivity contribution in [3.05, 3.63) is 0 Å². The Balaban J connectivity index is 4.24. The number of alkyl halides is 3. The van der Waals surface area contributed by atoms with E-state index in [0.717, 1.165) is 4.90 Å². The summed E-state index contributed by atoms with van der Waals surface area (Å²) < 4.78 is 41.4. The van der Waals surface area contributed by atoms with Crippen LogP contribution in [0.4, 0.5) is 13.2 Å². The largest absolute Gasteiger partial charge is 0.406 e. The minimum Gasteiger partial charge on any atom is -0.369 e. The summed E-state index contributed by atoms with van der Waals surface area (Å²) in [5.41, 5.74) is 0. The third-order valence-corrected chi connectivity index (χ3v) is 1.76. The van der Waals surface area contributed by atoms with Crippen LogP contribution in [-0.2, 0) is 9.53 Å². The van der Waals surface area contributed by atoms with Gasteiger partial charge in [0.25, 0.3) is 0 Å². The lowest BCUT2D eigenvalue weighted by Crippen LogP contribution is -2.41. The zero-order valence-corrected chi connectivity index (χ0v) is 9.80. The number of hydrogen-bond donors (Lipinski definition) is 0. The van der Waals surface area contributed by atoms with Crippen LogP contribution in [0.25, 0.3) is 0 Å². The van der Waals surface area contributed by atoms with Crippen LogP contribution in [0.5, 0.6) is 0 Å². The summed E-state index contributed by atoms with van der Waals surface area (Å²) in [5.74, 6) is -0.618. The van der Waals surface area contributed by atoms with Crippen LogP contribution < -0.4 is 0 Å². The van der Waals surface area contributed by atoms with Crippen LogP contribution in [0.1, 0.15) is 27.2 Å². The molecule has 6 heteroatoms. The van der Waals surface area contributed by atoms with Gasteiger partial charge in [0.1, 0.15) is 13.2 Å². The van der Waals surface area contributed by atoms with Gasteiger partial charge in [0.05, 0.1) is 6.10 Å². The molecule has 0 aromatic carbocycles. The molecule has 0 saturated carbocycles. The van der Waals surface area contributed by atoms with E-state index in [1.165, 1.54) is 0 Å². The number of rotatable bonds is 6. The molecular weight excluding hydrogens is 223 g/mol. The molecule has 0 aliphatic carbocycles. The van der Waals surface area contributed by atoms with E-state index in [1.54, 1.807) is 20.8 Å². The van der Waals surface area contributed by atoms with Gasteiger partial charge in [-0.05, 0) is 20.3 Å². The second kappa shape index (κ2) is 6.73. The highest BCUT2D eigenvalue weighted by atomic mass is 19.4. The molecule has 0 aliphatic rings. The van der Waals surface area contributed by atoms with Gasteiger partial charge >= 0.3 is 6.18 Å². The fourth-order valence-electron chi connectivity index (χ4n) is 1.11. The van der Waals surface area contributed by atoms with Crippen molar-refractivity contribution >= 4 is 5.91 Å². The zero-order valence-electron chi connectivity index (χ0n) is 9.80. The number of carbonyl (C=O) groups is 1. The van der Waals surface area contributed by atoms with Gasteiger partial charge in [-0.25, -0.2) is 0 Å². The first-order valence-corrected chi connectivity index (χ1v) is 5.22. The molecule has 0 rings (SSSR count). The van der Waals surface area contributed by atoms with Gasteiger partial charge in [0.2, 0.25) is 5.91 Å². The van der Waals surface area contributed by atoms with Crippen LogP contribution in [0.3, 0.4) is 0 Å². The predicted molar refractivity (Wildman–Crippen MR) is 54.0 cm³/mol. The van der Waals surface area contributed by atoms with Crippen molar-refractivity contribution in [1.82, 2.24) is 4.90 Å². The third-order valence-electron chi connectivity index (χ3n) is 1.76. The molecule has 0 saturated heterocycles. The fourth-order valence-corrected chi connectivity index (χ4v) is 1.11. The van der Waals surface area contributed by atoms with Gasteiger partial charge in [0, 0.05) is 6.54 Å². The molecule has 0 radical (unpaired) electrons. The second-order valence-electron chi connectivity index (χ2n) is 3.79. The highest BCUT2D eigenvalue weighted by Gasteiger charge is 2.32. The molecule has 0 N–H and O–H groups in total. The summed E-state index contributed by atoms with van der Waals surface area (Å²) in [4.78, 5) is 12.2. The second-order valence-corrected chi connectivity index (χ2v) is 3.79. The van der Waals surface area contributed by atoms with Crippen molar-refractivity contribution < 1.29 is 22.7 Å². The number of ether oxygens (including phenoxy) is 1. The van der Waals surface area contributed by atoms with E-state index in [-0.39, 0.29) is 19.3 Å². The molecule has 0 bridgehead atoms. The molecule has 0 aromatic heterocycles. The summed E-state index contributed by atoms with van der Waals surface area (Å²) in [6.45, 7) is 3.76. The van der Waals surface area contributed by atoms with Gasteiger partial charge in [-0.15, -0.1) is 0 Å². The molecule has 3 nitrogen and oxygen atoms in total. The number of carbonyl (C=O) groups excluding carboxylic acids is 1. The maximum atomic E-state index is 12.2. The van der Waals surface area contributed by atoms with Gasteiger partial charge in [0.15, 0.2) is 0 Å². The van der Waals surface area contributed by atoms with E-state index in [9.17, 15) is 18.0 Å². The summed E-state index contributed by atoms with van der Waals surface area (Å²) in [6.07, 6.45) is -4.04. The van der Waals surface area contributed by atoms with Gasteiger partial charge in [-0.1, -0.05) is 6.92 Å². The molecule has 0 fully saturated rings. The first kappa shape index (κ1) is 15.2. The summed E-state index contributed by atoms with van der Waals surface area (Å²) in [6, 6.07) is 0. The molecule has 0 aliphatic heterocycles. The fraction of sp³-hybridized carbons (Fsp3) is 0.900. The molecular formula is C10H18F3NO2. The van der Waals surface area contributed by atoms with Crippen molar-refractivity contribution in [2.45, 2.75) is 39.5 Å². The molecule has 0 heterocycles. The highest BCUT2D eigenvalue weighted by molar-refractivity contribution is 5.77. The monoisotopic (exact) mass is 241 g/mol. The molecule has 0 spiro atoms. The predicted octanol–water partition coefficient (Wildman–Crippen LogP) is 2.21. The van der Waals surface area contributed by atoms with E-state index in [2.05, 4.69) is 0 Å². The number of nitrogens with zero attached hydrogens (tertiary/aromatic N) is 1. The van der Waals surface area contributed by atoms with Crippen LogP contribution in [0, 0.1) is 0 Å². The van der Waals surface area contributed by atoms with E-state index in [4.69, 9.17) is 4.74 Å². The number of halogens is 3. The van der Waals surface area contributed by atoms with Crippen molar-refractivity contribution in [1.29, 1.82) is 0 Å². The molecule has 0 aromatic rings.